The van der Waals surface area contributed by atoms with Gasteiger partial charge in [0.25, 0.3) is 0 Å². The van der Waals surface area contributed by atoms with Gasteiger partial charge < -0.3 is 10.6 Å². The molecule has 1 heterocycles. The number of aromatic nitrogens is 2. The Kier molecular flexibility index (Phi) is 6.91. The standard InChI is InChI=1S/C13H25N5/c1-4-14-13(15-8-6-12(2)3)16-9-11-18-10-5-7-17-18/h5,7,10,12H,4,6,8-9,11H2,1-3H3,(H2,14,15,16). The summed E-state index contributed by atoms with van der Waals surface area (Å²) in [5.41, 5.74) is 0. The molecule has 0 bridgehead atoms. The van der Waals surface area contributed by atoms with Crippen molar-refractivity contribution in [3.8, 4) is 0 Å². The van der Waals surface area contributed by atoms with Gasteiger partial charge in [0.05, 0.1) is 6.54 Å². The molecule has 0 unspecified atom stereocenters. The average molecular weight is 251 g/mol. The summed E-state index contributed by atoms with van der Waals surface area (Å²) in [5, 5.41) is 10.7. The van der Waals surface area contributed by atoms with Crippen LogP contribution in [0.5, 0.6) is 0 Å². The summed E-state index contributed by atoms with van der Waals surface area (Å²) >= 11 is 0. The maximum Gasteiger partial charge on any atom is 0.191 e. The summed E-state index contributed by atoms with van der Waals surface area (Å²) in [6.45, 7) is 9.94. The Morgan fingerprint density at radius 2 is 2.22 bits per heavy atom. The third-order valence-corrected chi connectivity index (χ3v) is 2.51. The van der Waals surface area contributed by atoms with Crippen molar-refractivity contribution in [1.82, 2.24) is 20.4 Å². The van der Waals surface area contributed by atoms with E-state index >= 15 is 0 Å². The molecule has 0 aromatic carbocycles. The zero-order valence-corrected chi connectivity index (χ0v) is 11.7. The Morgan fingerprint density at radius 1 is 1.39 bits per heavy atom. The van der Waals surface area contributed by atoms with E-state index in [0.29, 0.717) is 5.92 Å². The van der Waals surface area contributed by atoms with Crippen LogP contribution in [0.4, 0.5) is 0 Å². The van der Waals surface area contributed by atoms with Gasteiger partial charge in [-0.15, -0.1) is 0 Å². The second kappa shape index (κ2) is 8.55. The molecule has 0 aliphatic carbocycles. The highest BCUT2D eigenvalue weighted by Gasteiger charge is 1.98. The molecule has 5 heteroatoms. The molecular weight excluding hydrogens is 226 g/mol. The molecule has 0 saturated carbocycles. The van der Waals surface area contributed by atoms with E-state index in [1.165, 1.54) is 0 Å². The molecular formula is C13H25N5. The highest BCUT2D eigenvalue weighted by molar-refractivity contribution is 5.79. The average Bonchev–Trinajstić information content (AvgIpc) is 2.81. The fourth-order valence-electron chi connectivity index (χ4n) is 1.50. The molecule has 0 aliphatic heterocycles. The normalized spacial score (nSPS) is 11.9. The van der Waals surface area contributed by atoms with Gasteiger partial charge in [-0.3, -0.25) is 9.67 Å². The van der Waals surface area contributed by atoms with Crippen molar-refractivity contribution in [2.45, 2.75) is 33.7 Å². The summed E-state index contributed by atoms with van der Waals surface area (Å²) in [6, 6.07) is 1.93. The largest absolute Gasteiger partial charge is 0.357 e. The zero-order chi connectivity index (χ0) is 13.2. The second-order valence-electron chi connectivity index (χ2n) is 4.64. The Bertz CT molecular complexity index is 329. The number of rotatable bonds is 7. The van der Waals surface area contributed by atoms with Crippen LogP contribution in [0.3, 0.4) is 0 Å². The van der Waals surface area contributed by atoms with E-state index < -0.39 is 0 Å². The summed E-state index contributed by atoms with van der Waals surface area (Å²) in [4.78, 5) is 4.54. The second-order valence-corrected chi connectivity index (χ2v) is 4.64. The van der Waals surface area contributed by atoms with Crippen molar-refractivity contribution in [1.29, 1.82) is 0 Å². The van der Waals surface area contributed by atoms with Crippen LogP contribution >= 0.6 is 0 Å². The minimum absolute atomic E-state index is 0.695. The van der Waals surface area contributed by atoms with E-state index in [2.05, 4.69) is 41.5 Å². The molecule has 0 spiro atoms. The first-order chi connectivity index (χ1) is 8.72. The predicted molar refractivity (Wildman–Crippen MR) is 75.7 cm³/mol. The van der Waals surface area contributed by atoms with Crippen molar-refractivity contribution in [2.24, 2.45) is 10.9 Å². The minimum atomic E-state index is 0.695. The van der Waals surface area contributed by atoms with E-state index in [1.54, 1.807) is 6.20 Å². The predicted octanol–water partition coefficient (Wildman–Crippen LogP) is 1.48. The fraction of sp³-hybridized carbons (Fsp3) is 0.692. The Hall–Kier alpha value is -1.52. The van der Waals surface area contributed by atoms with Gasteiger partial charge in [0.15, 0.2) is 5.96 Å². The topological polar surface area (TPSA) is 54.2 Å². The monoisotopic (exact) mass is 251 g/mol. The molecule has 0 atom stereocenters. The Morgan fingerprint density at radius 3 is 2.83 bits per heavy atom. The highest BCUT2D eigenvalue weighted by Crippen LogP contribution is 1.98. The van der Waals surface area contributed by atoms with Crippen LogP contribution in [0.25, 0.3) is 0 Å². The van der Waals surface area contributed by atoms with Gasteiger partial charge in [-0.1, -0.05) is 13.8 Å². The maximum absolute atomic E-state index is 4.54. The molecule has 2 N–H and O–H groups in total. The summed E-state index contributed by atoms with van der Waals surface area (Å²) in [5.74, 6) is 1.59. The van der Waals surface area contributed by atoms with Crippen molar-refractivity contribution >= 4 is 5.96 Å². The van der Waals surface area contributed by atoms with Gasteiger partial charge in [-0.05, 0) is 25.3 Å². The van der Waals surface area contributed by atoms with E-state index in [0.717, 1.165) is 38.6 Å². The van der Waals surface area contributed by atoms with Crippen LogP contribution in [0.15, 0.2) is 23.5 Å². The lowest BCUT2D eigenvalue weighted by atomic mass is 10.1. The van der Waals surface area contributed by atoms with Crippen molar-refractivity contribution in [3.05, 3.63) is 18.5 Å². The number of hydrogen-bond acceptors (Lipinski definition) is 2. The van der Waals surface area contributed by atoms with E-state index in [1.807, 2.05) is 16.9 Å². The van der Waals surface area contributed by atoms with Crippen LogP contribution < -0.4 is 10.6 Å². The first-order valence-corrected chi connectivity index (χ1v) is 6.72. The van der Waals surface area contributed by atoms with Crippen molar-refractivity contribution < 1.29 is 0 Å². The van der Waals surface area contributed by atoms with Gasteiger partial charge in [0.1, 0.15) is 0 Å². The third kappa shape index (κ3) is 6.27. The van der Waals surface area contributed by atoms with Gasteiger partial charge in [-0.2, -0.15) is 5.10 Å². The Balaban J connectivity index is 2.28. The number of guanidine groups is 1. The molecule has 0 amide bonds. The van der Waals surface area contributed by atoms with Crippen molar-refractivity contribution in [3.63, 3.8) is 0 Å². The summed E-state index contributed by atoms with van der Waals surface area (Å²) < 4.78 is 1.91. The van der Waals surface area contributed by atoms with E-state index in [9.17, 15) is 0 Å². The van der Waals surface area contributed by atoms with Gasteiger partial charge in [-0.25, -0.2) is 0 Å². The molecule has 18 heavy (non-hydrogen) atoms. The molecule has 0 radical (unpaired) electrons. The smallest absolute Gasteiger partial charge is 0.191 e. The van der Waals surface area contributed by atoms with E-state index in [4.69, 9.17) is 0 Å². The van der Waals surface area contributed by atoms with Crippen LogP contribution in [-0.2, 0) is 6.54 Å². The summed E-state index contributed by atoms with van der Waals surface area (Å²) in [7, 11) is 0. The van der Waals surface area contributed by atoms with Crippen LogP contribution in [0.2, 0.25) is 0 Å². The highest BCUT2D eigenvalue weighted by atomic mass is 15.3. The molecule has 1 rings (SSSR count). The number of aliphatic imine (C=N–C) groups is 1. The van der Waals surface area contributed by atoms with Crippen LogP contribution in [0, 0.1) is 5.92 Å². The molecule has 0 fully saturated rings. The zero-order valence-electron chi connectivity index (χ0n) is 11.7. The van der Waals surface area contributed by atoms with Crippen LogP contribution in [-0.4, -0.2) is 35.4 Å². The van der Waals surface area contributed by atoms with E-state index in [-0.39, 0.29) is 0 Å². The lowest BCUT2D eigenvalue weighted by Crippen LogP contribution is -2.39. The maximum atomic E-state index is 4.54. The molecule has 0 saturated heterocycles. The molecule has 1 aromatic heterocycles. The Labute approximate surface area is 110 Å². The van der Waals surface area contributed by atoms with Crippen LogP contribution in [0.1, 0.15) is 27.2 Å². The molecule has 1 aromatic rings. The molecule has 0 aliphatic rings. The first-order valence-electron chi connectivity index (χ1n) is 6.72. The fourth-order valence-corrected chi connectivity index (χ4v) is 1.50. The number of nitrogens with one attached hydrogen (secondary N) is 2. The third-order valence-electron chi connectivity index (χ3n) is 2.51. The van der Waals surface area contributed by atoms with Gasteiger partial charge in [0.2, 0.25) is 0 Å². The minimum Gasteiger partial charge on any atom is -0.357 e. The van der Waals surface area contributed by atoms with Gasteiger partial charge >= 0.3 is 0 Å². The quantitative estimate of drug-likeness (QED) is 0.570. The first kappa shape index (κ1) is 14.5. The van der Waals surface area contributed by atoms with Crippen molar-refractivity contribution in [2.75, 3.05) is 19.6 Å². The van der Waals surface area contributed by atoms with Gasteiger partial charge in [0, 0.05) is 32.0 Å². The lowest BCUT2D eigenvalue weighted by Gasteiger charge is -2.11. The molecule has 102 valence electrons. The number of nitrogens with zero attached hydrogens (tertiary/aromatic N) is 3. The summed E-state index contributed by atoms with van der Waals surface area (Å²) in [6.07, 6.45) is 4.88. The molecule has 5 nitrogen and oxygen atoms in total. The number of hydrogen-bond donors (Lipinski definition) is 2. The lowest BCUT2D eigenvalue weighted by molar-refractivity contribution is 0.585. The SMILES string of the molecule is CCNC(=NCCC(C)C)NCCn1cccn1.